The zero-order chi connectivity index (χ0) is 24.3. The molecule has 1 aromatic heterocycles. The maximum absolute atomic E-state index is 13.2. The average molecular weight is 508 g/mol. The van der Waals surface area contributed by atoms with E-state index < -0.39 is 28.3 Å². The van der Waals surface area contributed by atoms with E-state index in [9.17, 15) is 8.42 Å². The van der Waals surface area contributed by atoms with Gasteiger partial charge in [-0.15, -0.1) is 5.10 Å². The number of nitrogens with one attached hydrogen (secondary N) is 1. The molecule has 0 bridgehead atoms. The summed E-state index contributed by atoms with van der Waals surface area (Å²) in [7, 11) is -3.78. The molecule has 11 nitrogen and oxygen atoms in total. The highest BCUT2D eigenvalue weighted by molar-refractivity contribution is 7.89. The predicted molar refractivity (Wildman–Crippen MR) is 126 cm³/mol. The van der Waals surface area contributed by atoms with E-state index in [0.717, 1.165) is 16.3 Å². The first kappa shape index (κ1) is 21.7. The van der Waals surface area contributed by atoms with Crippen LogP contribution in [0.25, 0.3) is 22.2 Å². The zero-order valence-corrected chi connectivity index (χ0v) is 19.7. The molecule has 3 aliphatic rings. The minimum atomic E-state index is -3.78. The summed E-state index contributed by atoms with van der Waals surface area (Å²) < 4.78 is 53.7. The number of nitrogens with zero attached hydrogens (tertiary/aromatic N) is 4. The van der Waals surface area contributed by atoms with Crippen molar-refractivity contribution in [1.82, 2.24) is 24.9 Å². The largest absolute Gasteiger partial charge is 0.454 e. The zero-order valence-electron chi connectivity index (χ0n) is 18.9. The molecule has 0 saturated carbocycles. The van der Waals surface area contributed by atoms with Gasteiger partial charge in [-0.25, -0.2) is 17.8 Å². The smallest absolute Gasteiger partial charge is 0.241 e. The molecule has 4 heterocycles. The summed E-state index contributed by atoms with van der Waals surface area (Å²) in [5, 5.41) is 14.1. The van der Waals surface area contributed by atoms with Gasteiger partial charge < -0.3 is 18.9 Å². The van der Waals surface area contributed by atoms with Crippen molar-refractivity contribution in [2.24, 2.45) is 0 Å². The molecule has 0 aliphatic carbocycles. The minimum absolute atomic E-state index is 0.175. The lowest BCUT2D eigenvalue weighted by Gasteiger charge is -2.18. The van der Waals surface area contributed by atoms with Crippen molar-refractivity contribution < 1.29 is 27.4 Å². The fraction of sp³-hybridized carbons (Fsp3) is 0.292. The highest BCUT2D eigenvalue weighted by Crippen LogP contribution is 2.39. The molecule has 0 spiro atoms. The highest BCUT2D eigenvalue weighted by Gasteiger charge is 2.50. The maximum Gasteiger partial charge on any atom is 0.241 e. The third-order valence-electron chi connectivity index (χ3n) is 6.80. The van der Waals surface area contributed by atoms with Crippen LogP contribution in [0.4, 0.5) is 0 Å². The number of ether oxygens (including phenoxy) is 4. The lowest BCUT2D eigenvalue weighted by atomic mass is 10.1. The average Bonchev–Trinajstić information content (AvgIpc) is 3.68. The van der Waals surface area contributed by atoms with E-state index in [1.165, 1.54) is 0 Å². The first-order valence-corrected chi connectivity index (χ1v) is 13.0. The molecule has 4 atom stereocenters. The van der Waals surface area contributed by atoms with Gasteiger partial charge in [0.2, 0.25) is 16.8 Å². The Kier molecular flexibility index (Phi) is 4.96. The topological polar surface area (TPSA) is 127 Å². The molecule has 3 aliphatic heterocycles. The van der Waals surface area contributed by atoms with Gasteiger partial charge in [-0.3, -0.25) is 0 Å². The fourth-order valence-corrected chi connectivity index (χ4v) is 6.30. The van der Waals surface area contributed by atoms with E-state index in [-0.39, 0.29) is 30.9 Å². The van der Waals surface area contributed by atoms with Gasteiger partial charge in [0.1, 0.15) is 18.2 Å². The summed E-state index contributed by atoms with van der Waals surface area (Å²) in [6.07, 6.45) is -0.885. The van der Waals surface area contributed by atoms with Crippen LogP contribution < -0.4 is 14.2 Å². The second-order valence-corrected chi connectivity index (χ2v) is 10.6. The van der Waals surface area contributed by atoms with Crippen LogP contribution in [0.3, 0.4) is 0 Å². The number of rotatable bonds is 5. The highest BCUT2D eigenvalue weighted by atomic mass is 32.2. The van der Waals surface area contributed by atoms with Gasteiger partial charge in [-0.05, 0) is 51.5 Å². The Balaban J connectivity index is 1.12. The van der Waals surface area contributed by atoms with Gasteiger partial charge in [0.25, 0.3) is 0 Å². The monoisotopic (exact) mass is 507 g/mol. The molecular weight excluding hydrogens is 486 g/mol. The van der Waals surface area contributed by atoms with Gasteiger partial charge in [0, 0.05) is 5.56 Å². The molecule has 7 rings (SSSR count). The van der Waals surface area contributed by atoms with Crippen molar-refractivity contribution >= 4 is 20.8 Å². The summed E-state index contributed by atoms with van der Waals surface area (Å²) >= 11 is 0. The van der Waals surface area contributed by atoms with Gasteiger partial charge >= 0.3 is 0 Å². The quantitative estimate of drug-likeness (QED) is 0.431. The van der Waals surface area contributed by atoms with Crippen LogP contribution in [0.5, 0.6) is 11.5 Å². The van der Waals surface area contributed by atoms with Crippen LogP contribution in [-0.2, 0) is 19.5 Å². The predicted octanol–water partition coefficient (Wildman–Crippen LogP) is 1.91. The number of benzene rings is 3. The Hall–Kier alpha value is -3.58. The van der Waals surface area contributed by atoms with E-state index in [1.807, 2.05) is 42.5 Å². The van der Waals surface area contributed by atoms with Gasteiger partial charge in [0.05, 0.1) is 24.2 Å². The van der Waals surface area contributed by atoms with E-state index in [4.69, 9.17) is 18.9 Å². The van der Waals surface area contributed by atoms with Gasteiger partial charge in [-0.2, -0.15) is 0 Å². The first-order chi connectivity index (χ1) is 17.6. The third-order valence-corrected chi connectivity index (χ3v) is 8.29. The van der Waals surface area contributed by atoms with Crippen LogP contribution in [0, 0.1) is 0 Å². The van der Waals surface area contributed by atoms with Crippen LogP contribution in [-0.4, -0.2) is 66.9 Å². The summed E-state index contributed by atoms with van der Waals surface area (Å²) in [6, 6.07) is 17.3. The van der Waals surface area contributed by atoms with Crippen molar-refractivity contribution in [3.8, 4) is 22.9 Å². The molecule has 4 aromatic rings. The van der Waals surface area contributed by atoms with E-state index in [1.54, 1.807) is 22.9 Å². The number of fused-ring (bicyclic) bond motifs is 3. The Morgan fingerprint density at radius 1 is 0.889 bits per heavy atom. The van der Waals surface area contributed by atoms with Crippen LogP contribution in [0.2, 0.25) is 0 Å². The summed E-state index contributed by atoms with van der Waals surface area (Å²) in [5.74, 6) is 1.83. The lowest BCUT2D eigenvalue weighted by Crippen LogP contribution is -2.44. The lowest BCUT2D eigenvalue weighted by molar-refractivity contribution is 0.0626. The normalized spacial score (nSPS) is 24.9. The van der Waals surface area contributed by atoms with Crippen LogP contribution in [0.1, 0.15) is 6.04 Å². The Labute approximate surface area is 206 Å². The van der Waals surface area contributed by atoms with Crippen molar-refractivity contribution in [2.75, 3.05) is 20.0 Å². The van der Waals surface area contributed by atoms with Crippen molar-refractivity contribution in [3.63, 3.8) is 0 Å². The molecule has 12 heteroatoms. The molecule has 4 unspecified atom stereocenters. The Bertz CT molecular complexity index is 1570. The summed E-state index contributed by atoms with van der Waals surface area (Å²) in [5.41, 5.74) is 0.763. The minimum Gasteiger partial charge on any atom is -0.454 e. The molecule has 1 N–H and O–H groups in total. The molecule has 0 amide bonds. The van der Waals surface area contributed by atoms with Gasteiger partial charge in [0.15, 0.2) is 17.3 Å². The summed E-state index contributed by atoms with van der Waals surface area (Å²) in [6.45, 7) is 0.639. The number of hydrogen-bond donors (Lipinski definition) is 1. The second kappa shape index (κ2) is 8.23. The molecule has 184 valence electrons. The molecule has 2 saturated heterocycles. The molecule has 2 fully saturated rings. The second-order valence-electron chi connectivity index (χ2n) is 8.92. The van der Waals surface area contributed by atoms with Crippen LogP contribution in [0.15, 0.2) is 65.6 Å². The van der Waals surface area contributed by atoms with E-state index in [2.05, 4.69) is 20.2 Å². The standard InChI is InChI=1S/C24H21N5O6S/c30-36(31,17-7-5-14-3-1-2-4-15(14)9-17)26-18-11-32-23-19(12-33-22(18)23)29-24(25-27-28-29)16-6-8-20-21(10-16)35-13-34-20/h1-10,18-19,22-23,26H,11-13H2. The van der Waals surface area contributed by atoms with Gasteiger partial charge in [-0.1, -0.05) is 30.3 Å². The molecular formula is C24H21N5O6S. The maximum atomic E-state index is 13.2. The number of sulfonamides is 1. The first-order valence-electron chi connectivity index (χ1n) is 11.5. The van der Waals surface area contributed by atoms with E-state index >= 15 is 0 Å². The van der Waals surface area contributed by atoms with Crippen molar-refractivity contribution in [3.05, 3.63) is 60.7 Å². The Morgan fingerprint density at radius 3 is 2.64 bits per heavy atom. The number of hydrogen-bond acceptors (Lipinski definition) is 9. The SMILES string of the molecule is O=S(=O)(NC1COC2C1OCC2n1nnnc1-c1ccc2c(c1)OCO2)c1ccc2ccccc2c1. The number of aromatic nitrogens is 4. The van der Waals surface area contributed by atoms with Crippen molar-refractivity contribution in [2.45, 2.75) is 29.2 Å². The molecule has 0 radical (unpaired) electrons. The number of tetrazole rings is 1. The fourth-order valence-electron chi connectivity index (χ4n) is 5.03. The van der Waals surface area contributed by atoms with Crippen molar-refractivity contribution in [1.29, 1.82) is 0 Å². The van der Waals surface area contributed by atoms with Crippen LogP contribution >= 0.6 is 0 Å². The third kappa shape index (κ3) is 3.53. The summed E-state index contributed by atoms with van der Waals surface area (Å²) in [4.78, 5) is 0.199. The molecule has 36 heavy (non-hydrogen) atoms. The molecule has 3 aromatic carbocycles. The Morgan fingerprint density at radius 2 is 1.72 bits per heavy atom. The van der Waals surface area contributed by atoms with E-state index in [0.29, 0.717) is 17.3 Å².